The van der Waals surface area contributed by atoms with E-state index in [2.05, 4.69) is 15.3 Å². The van der Waals surface area contributed by atoms with Crippen LogP contribution in [0.25, 0.3) is 10.8 Å². The van der Waals surface area contributed by atoms with Crippen LogP contribution in [0.3, 0.4) is 0 Å². The maximum atomic E-state index is 9.57. The molecule has 0 saturated carbocycles. The number of likely N-dealkylation sites (tertiary alicyclic amines) is 1. The minimum absolute atomic E-state index is 0.227. The molecule has 20 heavy (non-hydrogen) atoms. The molecule has 108 valence electrons. The van der Waals surface area contributed by atoms with E-state index in [4.69, 9.17) is 4.42 Å². The lowest BCUT2D eigenvalue weighted by molar-refractivity contribution is 0.130. The van der Waals surface area contributed by atoms with Crippen molar-refractivity contribution in [1.29, 1.82) is 0 Å². The molecule has 1 aliphatic rings. The van der Waals surface area contributed by atoms with Crippen molar-refractivity contribution >= 4 is 11.3 Å². The van der Waals surface area contributed by atoms with Gasteiger partial charge < -0.3 is 9.52 Å². The van der Waals surface area contributed by atoms with Gasteiger partial charge in [0, 0.05) is 18.0 Å². The number of aliphatic hydroxyl groups excluding tert-OH is 1. The Morgan fingerprint density at radius 2 is 2.50 bits per heavy atom. The Morgan fingerprint density at radius 1 is 1.60 bits per heavy atom. The highest BCUT2D eigenvalue weighted by molar-refractivity contribution is 7.13. The van der Waals surface area contributed by atoms with Crippen molar-refractivity contribution in [3.05, 3.63) is 29.5 Å². The van der Waals surface area contributed by atoms with Gasteiger partial charge in [-0.2, -0.15) is 0 Å². The molecular weight excluding hydrogens is 272 g/mol. The lowest BCUT2D eigenvalue weighted by Gasteiger charge is -2.24. The Balaban J connectivity index is 1.65. The molecule has 2 atom stereocenters. The quantitative estimate of drug-likeness (QED) is 0.920. The number of furan rings is 1. The van der Waals surface area contributed by atoms with E-state index in [1.807, 2.05) is 19.1 Å². The number of aliphatic hydroxyl groups is 1. The van der Waals surface area contributed by atoms with Crippen LogP contribution in [0.15, 0.2) is 28.2 Å². The third-order valence-electron chi connectivity index (χ3n) is 3.76. The third-order valence-corrected chi connectivity index (χ3v) is 4.67. The fourth-order valence-corrected chi connectivity index (χ4v) is 3.64. The highest BCUT2D eigenvalue weighted by atomic mass is 32.1. The summed E-state index contributed by atoms with van der Waals surface area (Å²) in [5.74, 6) is 0.836. The minimum Gasteiger partial charge on any atom is -0.462 e. The summed E-state index contributed by atoms with van der Waals surface area (Å²) in [6.07, 6.45) is 4.70. The van der Waals surface area contributed by atoms with Gasteiger partial charge in [0.2, 0.25) is 0 Å². The molecule has 4 nitrogen and oxygen atoms in total. The zero-order chi connectivity index (χ0) is 13.9. The van der Waals surface area contributed by atoms with Crippen LogP contribution in [-0.4, -0.2) is 33.7 Å². The van der Waals surface area contributed by atoms with Gasteiger partial charge in [0.15, 0.2) is 10.8 Å². The smallest absolute Gasteiger partial charge is 0.162 e. The maximum Gasteiger partial charge on any atom is 0.162 e. The average molecular weight is 292 g/mol. The lowest BCUT2D eigenvalue weighted by Crippen LogP contribution is -2.31. The standard InChI is InChI=1S/C15H20N2O2S/c1-11(18)8-13-4-2-6-17(13)9-12-10-20-15(16-12)14-5-3-7-19-14/h3,5,7,10-11,13,18H,2,4,6,8-9H2,1H3. The topological polar surface area (TPSA) is 49.5 Å². The summed E-state index contributed by atoms with van der Waals surface area (Å²) in [6, 6.07) is 4.31. The molecule has 0 aliphatic carbocycles. The SMILES string of the molecule is CC(O)CC1CCCN1Cc1csc(-c2ccco2)n1. The number of aromatic nitrogens is 1. The van der Waals surface area contributed by atoms with E-state index in [9.17, 15) is 5.11 Å². The van der Waals surface area contributed by atoms with Gasteiger partial charge in [0.05, 0.1) is 18.1 Å². The van der Waals surface area contributed by atoms with Crippen LogP contribution in [0, 0.1) is 0 Å². The van der Waals surface area contributed by atoms with E-state index >= 15 is 0 Å². The molecule has 0 spiro atoms. The molecule has 0 aromatic carbocycles. The summed E-state index contributed by atoms with van der Waals surface area (Å²) in [7, 11) is 0. The van der Waals surface area contributed by atoms with E-state index in [-0.39, 0.29) is 6.10 Å². The van der Waals surface area contributed by atoms with E-state index in [0.29, 0.717) is 6.04 Å². The molecule has 1 saturated heterocycles. The van der Waals surface area contributed by atoms with Gasteiger partial charge in [0.25, 0.3) is 0 Å². The van der Waals surface area contributed by atoms with Gasteiger partial charge >= 0.3 is 0 Å². The first-order chi connectivity index (χ1) is 9.72. The molecule has 0 bridgehead atoms. The van der Waals surface area contributed by atoms with Crippen LogP contribution in [0.2, 0.25) is 0 Å². The summed E-state index contributed by atoms with van der Waals surface area (Å²) in [5, 5.41) is 12.6. The predicted molar refractivity (Wildman–Crippen MR) is 79.5 cm³/mol. The highest BCUT2D eigenvalue weighted by Crippen LogP contribution is 2.27. The van der Waals surface area contributed by atoms with Gasteiger partial charge in [-0.15, -0.1) is 11.3 Å². The van der Waals surface area contributed by atoms with Crippen molar-refractivity contribution in [3.63, 3.8) is 0 Å². The molecule has 2 aromatic heterocycles. The first-order valence-electron chi connectivity index (χ1n) is 7.13. The number of hydrogen-bond acceptors (Lipinski definition) is 5. The molecule has 3 rings (SSSR count). The van der Waals surface area contributed by atoms with Crippen molar-refractivity contribution in [2.75, 3.05) is 6.54 Å². The predicted octanol–water partition coefficient (Wildman–Crippen LogP) is 3.14. The normalized spacial score (nSPS) is 21.4. The minimum atomic E-state index is -0.227. The Morgan fingerprint density at radius 3 is 3.25 bits per heavy atom. The third kappa shape index (κ3) is 3.11. The van der Waals surface area contributed by atoms with Crippen LogP contribution in [0.1, 0.15) is 31.9 Å². The van der Waals surface area contributed by atoms with Crippen molar-refractivity contribution in [1.82, 2.24) is 9.88 Å². The van der Waals surface area contributed by atoms with E-state index in [1.54, 1.807) is 17.6 Å². The molecule has 2 aromatic rings. The van der Waals surface area contributed by atoms with E-state index < -0.39 is 0 Å². The summed E-state index contributed by atoms with van der Waals surface area (Å²) in [6.45, 7) is 3.84. The molecule has 1 aliphatic heterocycles. The van der Waals surface area contributed by atoms with Gasteiger partial charge in [-0.25, -0.2) is 4.98 Å². The Kier molecular flexibility index (Phi) is 4.19. The van der Waals surface area contributed by atoms with Crippen LogP contribution < -0.4 is 0 Å². The Bertz CT molecular complexity index is 536. The molecule has 2 unspecified atom stereocenters. The first kappa shape index (κ1) is 13.8. The van der Waals surface area contributed by atoms with Crippen LogP contribution in [0.5, 0.6) is 0 Å². The van der Waals surface area contributed by atoms with Crippen molar-refractivity contribution in [2.45, 2.75) is 44.9 Å². The number of thiazole rings is 1. The molecule has 5 heteroatoms. The second kappa shape index (κ2) is 6.08. The van der Waals surface area contributed by atoms with Gasteiger partial charge in [-0.3, -0.25) is 4.90 Å². The number of hydrogen-bond donors (Lipinski definition) is 1. The zero-order valence-electron chi connectivity index (χ0n) is 11.7. The largest absolute Gasteiger partial charge is 0.462 e. The summed E-state index contributed by atoms with van der Waals surface area (Å²) < 4.78 is 5.38. The fraction of sp³-hybridized carbons (Fsp3) is 0.533. The van der Waals surface area contributed by atoms with Crippen molar-refractivity contribution in [3.8, 4) is 10.8 Å². The zero-order valence-corrected chi connectivity index (χ0v) is 12.5. The fourth-order valence-electron chi connectivity index (χ4n) is 2.87. The second-order valence-electron chi connectivity index (χ2n) is 5.47. The molecule has 0 radical (unpaired) electrons. The average Bonchev–Trinajstić information content (AvgIpc) is 3.11. The summed E-state index contributed by atoms with van der Waals surface area (Å²) in [4.78, 5) is 7.09. The van der Waals surface area contributed by atoms with Gasteiger partial charge in [-0.1, -0.05) is 0 Å². The lowest BCUT2D eigenvalue weighted by atomic mass is 10.1. The molecule has 1 fully saturated rings. The molecular formula is C15H20N2O2S. The highest BCUT2D eigenvalue weighted by Gasteiger charge is 2.26. The first-order valence-corrected chi connectivity index (χ1v) is 8.01. The van der Waals surface area contributed by atoms with Crippen molar-refractivity contribution in [2.24, 2.45) is 0 Å². The Hall–Kier alpha value is -1.17. The second-order valence-corrected chi connectivity index (χ2v) is 6.33. The maximum absolute atomic E-state index is 9.57. The monoisotopic (exact) mass is 292 g/mol. The molecule has 1 N–H and O–H groups in total. The van der Waals surface area contributed by atoms with Gasteiger partial charge in [-0.05, 0) is 44.9 Å². The Labute approximate surface area is 123 Å². The van der Waals surface area contributed by atoms with Gasteiger partial charge in [0.1, 0.15) is 0 Å². The summed E-state index contributed by atoms with van der Waals surface area (Å²) >= 11 is 1.62. The van der Waals surface area contributed by atoms with Crippen molar-refractivity contribution < 1.29 is 9.52 Å². The van der Waals surface area contributed by atoms with Crippen LogP contribution >= 0.6 is 11.3 Å². The molecule has 0 amide bonds. The summed E-state index contributed by atoms with van der Waals surface area (Å²) in [5.41, 5.74) is 1.10. The number of nitrogens with zero attached hydrogens (tertiary/aromatic N) is 2. The van der Waals surface area contributed by atoms with E-state index in [1.165, 1.54) is 12.8 Å². The van der Waals surface area contributed by atoms with Crippen LogP contribution in [-0.2, 0) is 6.54 Å². The number of rotatable bonds is 5. The molecule has 3 heterocycles. The van der Waals surface area contributed by atoms with Crippen LogP contribution in [0.4, 0.5) is 0 Å². The van der Waals surface area contributed by atoms with E-state index in [0.717, 1.165) is 36.0 Å².